The number of amides is 2. The van der Waals surface area contributed by atoms with E-state index in [0.717, 1.165) is 12.1 Å². The Morgan fingerprint density at radius 3 is 2.48 bits per heavy atom. The average Bonchev–Trinajstić information content (AvgIpc) is 3.14. The third kappa shape index (κ3) is 4.09. The molecule has 1 heterocycles. The van der Waals surface area contributed by atoms with E-state index >= 15 is 0 Å². The van der Waals surface area contributed by atoms with Crippen molar-refractivity contribution in [1.29, 1.82) is 0 Å². The number of carbonyl (C=O) groups is 2. The van der Waals surface area contributed by atoms with Crippen molar-refractivity contribution in [3.8, 4) is 11.3 Å². The molecule has 1 aromatic heterocycles. The molecule has 0 aliphatic carbocycles. The third-order valence-corrected chi connectivity index (χ3v) is 3.64. The Morgan fingerprint density at radius 2 is 1.74 bits per heavy atom. The minimum absolute atomic E-state index is 0.0470. The van der Waals surface area contributed by atoms with Gasteiger partial charge in [-0.3, -0.25) is 9.59 Å². The predicted octanol–water partition coefficient (Wildman–Crippen LogP) is 4.60. The molecule has 0 fully saturated rings. The van der Waals surface area contributed by atoms with Gasteiger partial charge in [0.15, 0.2) is 5.76 Å². The van der Waals surface area contributed by atoms with Crippen LogP contribution >= 0.6 is 0 Å². The van der Waals surface area contributed by atoms with E-state index in [1.54, 1.807) is 12.1 Å². The van der Waals surface area contributed by atoms with Crippen LogP contribution in [0.15, 0.2) is 71.7 Å². The molecule has 27 heavy (non-hydrogen) atoms. The first kappa shape index (κ1) is 18.1. The number of benzene rings is 2. The summed E-state index contributed by atoms with van der Waals surface area (Å²) in [6, 6.07) is 12.6. The Bertz CT molecular complexity index is 1030. The van der Waals surface area contributed by atoms with E-state index in [4.69, 9.17) is 4.42 Å². The largest absolute Gasteiger partial charge is 0.451 e. The molecular weight excluding hydrogens is 354 g/mol. The van der Waals surface area contributed by atoms with Crippen molar-refractivity contribution >= 4 is 23.2 Å². The summed E-state index contributed by atoms with van der Waals surface area (Å²) in [5.41, 5.74) is 0.363. The number of halogens is 2. The maximum absolute atomic E-state index is 13.8. The Morgan fingerprint density at radius 1 is 0.963 bits per heavy atom. The summed E-state index contributed by atoms with van der Waals surface area (Å²) in [5, 5.41) is 4.82. The molecule has 0 saturated carbocycles. The maximum Gasteiger partial charge on any atom is 0.291 e. The summed E-state index contributed by atoms with van der Waals surface area (Å²) in [6.07, 6.45) is 0.998. The van der Waals surface area contributed by atoms with Crippen LogP contribution in [0, 0.1) is 11.6 Å². The molecule has 3 rings (SSSR count). The zero-order valence-electron chi connectivity index (χ0n) is 14.0. The van der Waals surface area contributed by atoms with E-state index in [2.05, 4.69) is 17.2 Å². The van der Waals surface area contributed by atoms with Crippen molar-refractivity contribution in [3.05, 3.63) is 84.6 Å². The smallest absolute Gasteiger partial charge is 0.291 e. The second kappa shape index (κ2) is 7.65. The summed E-state index contributed by atoms with van der Waals surface area (Å²) >= 11 is 0. The van der Waals surface area contributed by atoms with Crippen LogP contribution in [0.3, 0.4) is 0 Å². The number of rotatable bonds is 5. The van der Waals surface area contributed by atoms with Crippen molar-refractivity contribution in [2.45, 2.75) is 0 Å². The molecule has 2 amide bonds. The highest BCUT2D eigenvalue weighted by molar-refractivity contribution is 6.03. The van der Waals surface area contributed by atoms with Gasteiger partial charge in [0.25, 0.3) is 5.91 Å². The number of furan rings is 1. The lowest BCUT2D eigenvalue weighted by molar-refractivity contribution is -0.111. The number of anilines is 2. The maximum atomic E-state index is 13.8. The Balaban J connectivity index is 1.78. The van der Waals surface area contributed by atoms with E-state index in [1.165, 1.54) is 36.4 Å². The van der Waals surface area contributed by atoms with Gasteiger partial charge in [-0.2, -0.15) is 0 Å². The van der Waals surface area contributed by atoms with Crippen molar-refractivity contribution in [3.63, 3.8) is 0 Å². The first-order valence-electron chi connectivity index (χ1n) is 7.87. The highest BCUT2D eigenvalue weighted by Gasteiger charge is 2.15. The molecule has 3 aromatic rings. The first-order chi connectivity index (χ1) is 13.0. The van der Waals surface area contributed by atoms with Gasteiger partial charge in [0.1, 0.15) is 17.4 Å². The Labute approximate surface area is 153 Å². The zero-order chi connectivity index (χ0) is 19.4. The summed E-state index contributed by atoms with van der Waals surface area (Å²) in [7, 11) is 0. The van der Waals surface area contributed by atoms with Crippen LogP contribution in [-0.2, 0) is 4.79 Å². The fourth-order valence-electron chi connectivity index (χ4n) is 2.34. The normalized spacial score (nSPS) is 10.3. The predicted molar refractivity (Wildman–Crippen MR) is 97.3 cm³/mol. The van der Waals surface area contributed by atoms with E-state index in [9.17, 15) is 18.4 Å². The van der Waals surface area contributed by atoms with Crippen LogP contribution < -0.4 is 10.6 Å². The number of carbonyl (C=O) groups excluding carboxylic acids is 2. The number of nitrogens with one attached hydrogen (secondary N) is 2. The van der Waals surface area contributed by atoms with E-state index in [-0.39, 0.29) is 28.5 Å². The molecule has 0 atom stereocenters. The summed E-state index contributed by atoms with van der Waals surface area (Å²) in [4.78, 5) is 23.6. The lowest BCUT2D eigenvalue weighted by atomic mass is 10.1. The topological polar surface area (TPSA) is 71.3 Å². The monoisotopic (exact) mass is 368 g/mol. The van der Waals surface area contributed by atoms with E-state index in [1.807, 2.05) is 0 Å². The van der Waals surface area contributed by atoms with Crippen LogP contribution in [-0.4, -0.2) is 11.8 Å². The van der Waals surface area contributed by atoms with Gasteiger partial charge >= 0.3 is 0 Å². The summed E-state index contributed by atoms with van der Waals surface area (Å²) < 4.78 is 33.0. The highest BCUT2D eigenvalue weighted by atomic mass is 19.1. The Hall–Kier alpha value is -3.74. The minimum atomic E-state index is -0.664. The van der Waals surface area contributed by atoms with Gasteiger partial charge in [0, 0.05) is 5.69 Å². The Kier molecular flexibility index (Phi) is 5.12. The molecule has 0 bridgehead atoms. The van der Waals surface area contributed by atoms with Crippen LogP contribution in [0.1, 0.15) is 10.6 Å². The molecule has 0 spiro atoms. The molecule has 0 radical (unpaired) electrons. The molecule has 0 aliphatic heterocycles. The average molecular weight is 368 g/mol. The molecule has 5 nitrogen and oxygen atoms in total. The van der Waals surface area contributed by atoms with Crippen molar-refractivity contribution in [2.24, 2.45) is 0 Å². The summed E-state index contributed by atoms with van der Waals surface area (Å²) in [6.45, 7) is 3.29. The number of hydrogen-bond acceptors (Lipinski definition) is 3. The molecule has 0 unspecified atom stereocenters. The molecule has 0 aliphatic rings. The van der Waals surface area contributed by atoms with Crippen LogP contribution in [0.5, 0.6) is 0 Å². The second-order valence-corrected chi connectivity index (χ2v) is 5.49. The van der Waals surface area contributed by atoms with Gasteiger partial charge < -0.3 is 15.1 Å². The SMILES string of the molecule is C=CC(=O)Nc1cc(NC(=O)c2ccc(-c3ccccc3F)o2)ccc1F. The molecule has 2 N–H and O–H groups in total. The number of hydrogen-bond donors (Lipinski definition) is 2. The molecule has 0 saturated heterocycles. The molecular formula is C20H14F2N2O3. The first-order valence-corrected chi connectivity index (χ1v) is 7.87. The fourth-order valence-corrected chi connectivity index (χ4v) is 2.34. The van der Waals surface area contributed by atoms with Crippen molar-refractivity contribution in [1.82, 2.24) is 0 Å². The third-order valence-electron chi connectivity index (χ3n) is 3.64. The second-order valence-electron chi connectivity index (χ2n) is 5.49. The summed E-state index contributed by atoms with van der Waals surface area (Å²) in [5.74, 6) is -2.17. The van der Waals surface area contributed by atoms with Gasteiger partial charge in [0.2, 0.25) is 5.91 Å². The van der Waals surface area contributed by atoms with Crippen molar-refractivity contribution in [2.75, 3.05) is 10.6 Å². The lowest BCUT2D eigenvalue weighted by Gasteiger charge is -2.08. The molecule has 7 heteroatoms. The van der Waals surface area contributed by atoms with Crippen LogP contribution in [0.4, 0.5) is 20.2 Å². The van der Waals surface area contributed by atoms with Gasteiger partial charge in [0.05, 0.1) is 11.3 Å². The highest BCUT2D eigenvalue weighted by Crippen LogP contribution is 2.26. The van der Waals surface area contributed by atoms with Gasteiger partial charge in [-0.1, -0.05) is 18.7 Å². The lowest BCUT2D eigenvalue weighted by Crippen LogP contribution is -2.13. The quantitative estimate of drug-likeness (QED) is 0.647. The van der Waals surface area contributed by atoms with Crippen LogP contribution in [0.2, 0.25) is 0 Å². The molecule has 136 valence electrons. The van der Waals surface area contributed by atoms with Gasteiger partial charge in [-0.25, -0.2) is 8.78 Å². The minimum Gasteiger partial charge on any atom is -0.451 e. The fraction of sp³-hybridized carbons (Fsp3) is 0. The van der Waals surface area contributed by atoms with Crippen molar-refractivity contribution < 1.29 is 22.8 Å². The standard InChI is InChI=1S/C20H14F2N2O3/c1-2-19(25)24-16-11-12(7-8-15(16)22)23-20(26)18-10-9-17(27-18)13-5-3-4-6-14(13)21/h2-11H,1H2,(H,23,26)(H,24,25). The van der Waals surface area contributed by atoms with E-state index < -0.39 is 23.4 Å². The van der Waals surface area contributed by atoms with Gasteiger partial charge in [-0.15, -0.1) is 0 Å². The van der Waals surface area contributed by atoms with E-state index in [0.29, 0.717) is 0 Å². The zero-order valence-corrected chi connectivity index (χ0v) is 14.0. The van der Waals surface area contributed by atoms with Gasteiger partial charge in [-0.05, 0) is 48.5 Å². The van der Waals surface area contributed by atoms with Crippen LogP contribution in [0.25, 0.3) is 11.3 Å². The molecule has 2 aromatic carbocycles.